The molecule has 0 aromatic heterocycles. The lowest BCUT2D eigenvalue weighted by Crippen LogP contribution is -2.10. The van der Waals surface area contributed by atoms with Gasteiger partial charge in [-0.2, -0.15) is 0 Å². The predicted molar refractivity (Wildman–Crippen MR) is 92.2 cm³/mol. The molecule has 23 heavy (non-hydrogen) atoms. The van der Waals surface area contributed by atoms with Crippen LogP contribution in [0.25, 0.3) is 0 Å². The highest BCUT2D eigenvalue weighted by atomic mass is 16.5. The van der Waals surface area contributed by atoms with Gasteiger partial charge in [0, 0.05) is 17.4 Å². The molecule has 2 aromatic carbocycles. The molecule has 3 rings (SSSR count). The minimum absolute atomic E-state index is 0.117. The summed E-state index contributed by atoms with van der Waals surface area (Å²) in [7, 11) is 1.43. The van der Waals surface area contributed by atoms with Crippen LogP contribution in [0.1, 0.15) is 29.4 Å². The molecule has 0 saturated carbocycles. The van der Waals surface area contributed by atoms with Crippen molar-refractivity contribution in [3.8, 4) is 0 Å². The van der Waals surface area contributed by atoms with E-state index in [1.54, 1.807) is 0 Å². The third kappa shape index (κ3) is 3.42. The molecule has 0 unspecified atom stereocenters. The van der Waals surface area contributed by atoms with Crippen molar-refractivity contribution in [3.05, 3.63) is 95.6 Å². The summed E-state index contributed by atoms with van der Waals surface area (Å²) in [6.45, 7) is 0. The van der Waals surface area contributed by atoms with Gasteiger partial charge in [-0.25, -0.2) is 4.79 Å². The fourth-order valence-electron chi connectivity index (χ4n) is 3.10. The van der Waals surface area contributed by atoms with Gasteiger partial charge in [-0.1, -0.05) is 78.9 Å². The third-order valence-corrected chi connectivity index (χ3v) is 4.27. The molecule has 1 aliphatic rings. The van der Waals surface area contributed by atoms with Gasteiger partial charge >= 0.3 is 5.97 Å². The Morgan fingerprint density at radius 2 is 1.48 bits per heavy atom. The van der Waals surface area contributed by atoms with Crippen LogP contribution in [0.15, 0.2) is 84.5 Å². The van der Waals surface area contributed by atoms with Crippen LogP contribution in [-0.2, 0) is 9.53 Å². The number of hydrogen-bond acceptors (Lipinski definition) is 2. The van der Waals surface area contributed by atoms with Gasteiger partial charge in [0.15, 0.2) is 0 Å². The van der Waals surface area contributed by atoms with Crippen molar-refractivity contribution in [3.63, 3.8) is 0 Å². The first-order valence-electron chi connectivity index (χ1n) is 7.85. The van der Waals surface area contributed by atoms with Gasteiger partial charge in [-0.15, -0.1) is 0 Å². The zero-order valence-corrected chi connectivity index (χ0v) is 13.2. The molecule has 1 aliphatic carbocycles. The van der Waals surface area contributed by atoms with Crippen molar-refractivity contribution < 1.29 is 9.53 Å². The number of rotatable bonds is 3. The van der Waals surface area contributed by atoms with Gasteiger partial charge in [0.25, 0.3) is 0 Å². The maximum atomic E-state index is 12.0. The van der Waals surface area contributed by atoms with Crippen LogP contribution in [0.3, 0.4) is 0 Å². The van der Waals surface area contributed by atoms with Crippen molar-refractivity contribution in [1.29, 1.82) is 0 Å². The molecule has 2 heteroatoms. The van der Waals surface area contributed by atoms with E-state index in [-0.39, 0.29) is 17.8 Å². The fraction of sp³-hybridized carbons (Fsp3) is 0.190. The molecule has 0 radical (unpaired) electrons. The Hall–Kier alpha value is -2.61. The fourth-order valence-corrected chi connectivity index (χ4v) is 3.10. The topological polar surface area (TPSA) is 26.3 Å². The Morgan fingerprint density at radius 1 is 0.913 bits per heavy atom. The monoisotopic (exact) mass is 304 g/mol. The summed E-state index contributed by atoms with van der Waals surface area (Å²) < 4.78 is 4.93. The van der Waals surface area contributed by atoms with Crippen LogP contribution in [0.2, 0.25) is 0 Å². The largest absolute Gasteiger partial charge is 0.466 e. The highest BCUT2D eigenvalue weighted by molar-refractivity contribution is 5.89. The second-order valence-electron chi connectivity index (χ2n) is 5.69. The summed E-state index contributed by atoms with van der Waals surface area (Å²) in [5.74, 6) is 0.0801. The number of methoxy groups -OCH3 is 1. The highest BCUT2D eigenvalue weighted by Gasteiger charge is 2.25. The molecule has 2 atom stereocenters. The minimum Gasteiger partial charge on any atom is -0.466 e. The molecule has 0 spiro atoms. The van der Waals surface area contributed by atoms with Gasteiger partial charge in [0.05, 0.1) is 7.11 Å². The summed E-state index contributed by atoms with van der Waals surface area (Å²) in [6, 6.07) is 20.7. The van der Waals surface area contributed by atoms with E-state index in [0.29, 0.717) is 6.42 Å². The predicted octanol–water partition coefficient (Wildman–Crippen LogP) is 4.61. The molecule has 2 aromatic rings. The van der Waals surface area contributed by atoms with Crippen molar-refractivity contribution in [2.24, 2.45) is 0 Å². The van der Waals surface area contributed by atoms with Gasteiger partial charge in [-0.05, 0) is 17.5 Å². The molecule has 2 nitrogen and oxygen atoms in total. The Kier molecular flexibility index (Phi) is 4.72. The molecule has 0 heterocycles. The Bertz CT molecular complexity index is 714. The van der Waals surface area contributed by atoms with E-state index in [1.165, 1.54) is 18.2 Å². The molecule has 0 bridgehead atoms. The van der Waals surface area contributed by atoms with Gasteiger partial charge in [0.1, 0.15) is 0 Å². The van der Waals surface area contributed by atoms with Gasteiger partial charge in [0.2, 0.25) is 0 Å². The number of carbonyl (C=O) groups is 1. The average molecular weight is 304 g/mol. The molecule has 116 valence electrons. The smallest absolute Gasteiger partial charge is 0.333 e. The average Bonchev–Trinajstić information content (AvgIpc) is 2.85. The molecular formula is C21H20O2. The molecule has 0 aliphatic heterocycles. The second kappa shape index (κ2) is 7.10. The third-order valence-electron chi connectivity index (χ3n) is 4.27. The molecule has 0 fully saturated rings. The Labute approximate surface area is 137 Å². The zero-order chi connectivity index (χ0) is 16.1. The summed E-state index contributed by atoms with van der Waals surface area (Å²) in [4.78, 5) is 12.0. The summed E-state index contributed by atoms with van der Waals surface area (Å²) >= 11 is 0. The van der Waals surface area contributed by atoms with Crippen molar-refractivity contribution >= 4 is 5.97 Å². The van der Waals surface area contributed by atoms with E-state index >= 15 is 0 Å². The molecule has 0 amide bonds. The van der Waals surface area contributed by atoms with Crippen LogP contribution in [0.4, 0.5) is 0 Å². The first kappa shape index (κ1) is 15.3. The maximum absolute atomic E-state index is 12.0. The number of hydrogen-bond donors (Lipinski definition) is 0. The minimum atomic E-state index is -0.246. The molecule has 0 saturated heterocycles. The quantitative estimate of drug-likeness (QED) is 0.611. The summed E-state index contributed by atoms with van der Waals surface area (Å²) in [6.07, 6.45) is 6.96. The summed E-state index contributed by atoms with van der Waals surface area (Å²) in [5.41, 5.74) is 3.17. The van der Waals surface area contributed by atoms with Crippen molar-refractivity contribution in [2.45, 2.75) is 18.3 Å². The van der Waals surface area contributed by atoms with Crippen LogP contribution < -0.4 is 0 Å². The van der Waals surface area contributed by atoms with E-state index in [4.69, 9.17) is 4.74 Å². The molecular weight excluding hydrogens is 284 g/mol. The highest BCUT2D eigenvalue weighted by Crippen LogP contribution is 2.38. The number of carbonyl (C=O) groups excluding carboxylic acids is 1. The van der Waals surface area contributed by atoms with Crippen LogP contribution in [-0.4, -0.2) is 13.1 Å². The lowest BCUT2D eigenvalue weighted by molar-refractivity contribution is -0.136. The summed E-state index contributed by atoms with van der Waals surface area (Å²) in [5, 5.41) is 0. The van der Waals surface area contributed by atoms with Crippen LogP contribution in [0.5, 0.6) is 0 Å². The van der Waals surface area contributed by atoms with E-state index in [2.05, 4.69) is 54.6 Å². The van der Waals surface area contributed by atoms with Crippen molar-refractivity contribution in [2.75, 3.05) is 7.11 Å². The number of benzene rings is 2. The number of ether oxygens (including phenoxy) is 1. The van der Waals surface area contributed by atoms with Crippen LogP contribution in [0, 0.1) is 0 Å². The standard InChI is InChI=1S/C21H20O2/c1-23-21(22)18-13-8-14-19(16-9-4-2-5-10-16)20(15-18)17-11-6-3-7-12-17/h2-12,14-15,19-20H,13H2,1H3/t19-,20+/m0/s1. The normalized spacial score (nSPS) is 20.5. The van der Waals surface area contributed by atoms with E-state index < -0.39 is 0 Å². The first-order chi connectivity index (χ1) is 11.3. The van der Waals surface area contributed by atoms with E-state index in [0.717, 1.165) is 5.57 Å². The SMILES string of the molecule is COC(=O)C1=C[C@H](c2ccccc2)[C@H](c2ccccc2)C=CC1. The van der Waals surface area contributed by atoms with Gasteiger partial charge in [-0.3, -0.25) is 0 Å². The second-order valence-corrected chi connectivity index (χ2v) is 5.69. The molecule has 0 N–H and O–H groups in total. The van der Waals surface area contributed by atoms with Gasteiger partial charge < -0.3 is 4.74 Å². The Balaban J connectivity index is 2.07. The lowest BCUT2D eigenvalue weighted by Gasteiger charge is -2.22. The van der Waals surface area contributed by atoms with Crippen LogP contribution >= 0.6 is 0 Å². The zero-order valence-electron chi connectivity index (χ0n) is 13.2. The van der Waals surface area contributed by atoms with Crippen molar-refractivity contribution in [1.82, 2.24) is 0 Å². The van der Waals surface area contributed by atoms with E-state index in [1.807, 2.05) is 24.3 Å². The number of allylic oxidation sites excluding steroid dienone is 3. The van der Waals surface area contributed by atoms with E-state index in [9.17, 15) is 4.79 Å². The maximum Gasteiger partial charge on any atom is 0.333 e. The first-order valence-corrected chi connectivity index (χ1v) is 7.85. The lowest BCUT2D eigenvalue weighted by atomic mass is 9.81. The Morgan fingerprint density at radius 3 is 2.04 bits per heavy atom. The number of esters is 1.